The van der Waals surface area contributed by atoms with E-state index in [-0.39, 0.29) is 30.5 Å². The first-order chi connectivity index (χ1) is 18.4. The summed E-state index contributed by atoms with van der Waals surface area (Å²) in [6, 6.07) is 12.6. The second-order valence-corrected chi connectivity index (χ2v) is 9.10. The number of rotatable bonds is 4. The van der Waals surface area contributed by atoms with Gasteiger partial charge in [0.2, 0.25) is 18.1 Å². The quantitative estimate of drug-likeness (QED) is 0.0737. The van der Waals surface area contributed by atoms with Crippen LogP contribution < -0.4 is 23.5 Å². The number of pyridine rings is 1. The smallest absolute Gasteiger partial charge is 0.343 e. The lowest BCUT2D eigenvalue weighted by Crippen LogP contribution is -2.38. The zero-order valence-corrected chi connectivity index (χ0v) is 21.2. The van der Waals surface area contributed by atoms with Crippen LogP contribution in [0.3, 0.4) is 0 Å². The Morgan fingerprint density at radius 1 is 1.05 bits per heavy atom. The molecule has 2 aliphatic heterocycles. The average Bonchev–Trinajstić information content (AvgIpc) is 3.40. The van der Waals surface area contributed by atoms with Crippen LogP contribution >= 0.6 is 12.4 Å². The SMILES string of the molecule is COc1ccc2c(c[n+]3c4c2ccc2c5c(cc(c24)CC3)OCO5)c1OC(=O)c1ccc(F)c([N+](=O)[O-])c1.Cl. The van der Waals surface area contributed by atoms with Gasteiger partial charge in [-0.05, 0) is 48.0 Å². The highest BCUT2D eigenvalue weighted by atomic mass is 35.5. The molecule has 196 valence electrons. The molecule has 0 N–H and O–H groups in total. The first-order valence-corrected chi connectivity index (χ1v) is 11.8. The minimum Gasteiger partial charge on any atom is -0.493 e. The number of carbonyl (C=O) groups is 1. The summed E-state index contributed by atoms with van der Waals surface area (Å²) in [5, 5.41) is 15.6. The second-order valence-electron chi connectivity index (χ2n) is 9.10. The van der Waals surface area contributed by atoms with Crippen molar-refractivity contribution in [2.75, 3.05) is 13.9 Å². The number of esters is 1. The minimum atomic E-state index is -1.04. The maximum absolute atomic E-state index is 13.8. The normalized spacial score (nSPS) is 13.1. The number of halogens is 2. The van der Waals surface area contributed by atoms with E-state index in [1.807, 2.05) is 30.5 Å². The number of aryl methyl sites for hydroxylation is 2. The summed E-state index contributed by atoms with van der Waals surface area (Å²) in [6.07, 6.45) is 2.69. The predicted octanol–water partition coefficient (Wildman–Crippen LogP) is 5.42. The van der Waals surface area contributed by atoms with Gasteiger partial charge in [-0.1, -0.05) is 0 Å². The van der Waals surface area contributed by atoms with E-state index in [2.05, 4.69) is 4.57 Å². The number of nitro benzene ring substituents is 1. The summed E-state index contributed by atoms with van der Waals surface area (Å²) in [5.74, 6) is 0.0640. The van der Waals surface area contributed by atoms with Crippen molar-refractivity contribution in [1.82, 2.24) is 0 Å². The Morgan fingerprint density at radius 3 is 2.64 bits per heavy atom. The van der Waals surface area contributed by atoms with Crippen molar-refractivity contribution in [2.24, 2.45) is 0 Å². The molecular weight excluding hydrogens is 531 g/mol. The number of ether oxygens (including phenoxy) is 4. The third-order valence-electron chi connectivity index (χ3n) is 7.13. The van der Waals surface area contributed by atoms with Crippen molar-refractivity contribution >= 4 is 56.5 Å². The van der Waals surface area contributed by atoms with E-state index in [1.54, 1.807) is 6.07 Å². The first-order valence-electron chi connectivity index (χ1n) is 11.8. The summed E-state index contributed by atoms with van der Waals surface area (Å²) in [5.41, 5.74) is 1.25. The molecule has 0 aliphatic carbocycles. The molecule has 0 spiro atoms. The maximum atomic E-state index is 13.8. The Balaban J connectivity index is 0.00000277. The monoisotopic (exact) mass is 549 g/mol. The molecule has 0 unspecified atom stereocenters. The molecule has 0 saturated carbocycles. The number of benzene rings is 4. The van der Waals surface area contributed by atoms with Gasteiger partial charge in [0.15, 0.2) is 35.7 Å². The van der Waals surface area contributed by atoms with Crippen LogP contribution in [0.4, 0.5) is 10.1 Å². The largest absolute Gasteiger partial charge is 0.493 e. The summed E-state index contributed by atoms with van der Waals surface area (Å²) >= 11 is 0. The van der Waals surface area contributed by atoms with Gasteiger partial charge in [0.1, 0.15) is 0 Å². The number of aromatic nitrogens is 1. The van der Waals surface area contributed by atoms with E-state index < -0.39 is 22.4 Å². The molecule has 1 aromatic heterocycles. The van der Waals surface area contributed by atoms with Gasteiger partial charge in [0.05, 0.1) is 33.8 Å². The van der Waals surface area contributed by atoms with E-state index >= 15 is 0 Å². The van der Waals surface area contributed by atoms with Crippen LogP contribution in [0.5, 0.6) is 23.0 Å². The van der Waals surface area contributed by atoms with Crippen molar-refractivity contribution in [3.8, 4) is 23.0 Å². The average molecular weight is 550 g/mol. The molecule has 0 radical (unpaired) electrons. The van der Waals surface area contributed by atoms with E-state index in [9.17, 15) is 19.3 Å². The molecule has 39 heavy (non-hydrogen) atoms. The number of hydrogen-bond donors (Lipinski definition) is 0. The number of nitrogens with zero attached hydrogens (tertiary/aromatic N) is 2. The van der Waals surface area contributed by atoms with Crippen LogP contribution in [0.1, 0.15) is 15.9 Å². The molecule has 0 atom stereocenters. The molecule has 9 nitrogen and oxygen atoms in total. The van der Waals surface area contributed by atoms with E-state index in [4.69, 9.17) is 18.9 Å². The lowest BCUT2D eigenvalue weighted by Gasteiger charge is -2.18. The Hall–Kier alpha value is -4.70. The van der Waals surface area contributed by atoms with E-state index in [0.717, 1.165) is 63.2 Å². The van der Waals surface area contributed by atoms with Gasteiger partial charge in [-0.25, -0.2) is 4.79 Å². The molecule has 2 aliphatic rings. The van der Waals surface area contributed by atoms with Gasteiger partial charge in [0, 0.05) is 23.3 Å². The highest BCUT2D eigenvalue weighted by Crippen LogP contribution is 2.46. The zero-order valence-electron chi connectivity index (χ0n) is 20.4. The van der Waals surface area contributed by atoms with Crippen molar-refractivity contribution < 1.29 is 37.6 Å². The summed E-state index contributed by atoms with van der Waals surface area (Å²) in [6.45, 7) is 0.877. The molecule has 0 fully saturated rings. The summed E-state index contributed by atoms with van der Waals surface area (Å²) < 4.78 is 38.6. The lowest BCUT2D eigenvalue weighted by molar-refractivity contribution is -0.670. The van der Waals surface area contributed by atoms with Gasteiger partial charge in [-0.3, -0.25) is 10.1 Å². The van der Waals surface area contributed by atoms with Crippen molar-refractivity contribution in [3.05, 3.63) is 81.8 Å². The fraction of sp³-hybridized carbons (Fsp3) is 0.143. The Kier molecular flexibility index (Phi) is 5.65. The van der Waals surface area contributed by atoms with Gasteiger partial charge in [-0.15, -0.1) is 12.4 Å². The Bertz CT molecular complexity index is 1890. The fourth-order valence-corrected chi connectivity index (χ4v) is 5.43. The lowest BCUT2D eigenvalue weighted by atomic mass is 9.93. The summed E-state index contributed by atoms with van der Waals surface area (Å²) in [4.78, 5) is 23.3. The highest BCUT2D eigenvalue weighted by molar-refractivity contribution is 6.17. The summed E-state index contributed by atoms with van der Waals surface area (Å²) in [7, 11) is 1.46. The van der Waals surface area contributed by atoms with Crippen molar-refractivity contribution in [3.63, 3.8) is 0 Å². The molecule has 3 heterocycles. The maximum Gasteiger partial charge on any atom is 0.343 e. The fourth-order valence-electron chi connectivity index (χ4n) is 5.43. The van der Waals surface area contributed by atoms with Crippen molar-refractivity contribution in [1.29, 1.82) is 0 Å². The molecule has 0 amide bonds. The van der Waals surface area contributed by atoms with E-state index in [0.29, 0.717) is 17.7 Å². The predicted molar refractivity (Wildman–Crippen MR) is 141 cm³/mol. The van der Waals surface area contributed by atoms with Crippen LogP contribution in [-0.2, 0) is 13.0 Å². The standard InChI is InChI=1S/C28H18FN2O7.ClH/c1-35-22-7-5-16-17-3-4-18-24-14(11-23-26(18)37-13-36-23)8-9-30(25(17)24)12-19(16)27(22)38-28(32)15-2-6-20(29)21(10-15)31(33)34;/h2-7,10-12H,8-9,13H2,1H3;1H/q+1;. The van der Waals surface area contributed by atoms with E-state index in [1.165, 1.54) is 12.7 Å². The molecule has 4 aromatic carbocycles. The van der Waals surface area contributed by atoms with Gasteiger partial charge in [0.25, 0.3) is 0 Å². The Morgan fingerprint density at radius 2 is 1.85 bits per heavy atom. The van der Waals surface area contributed by atoms with Crippen molar-refractivity contribution in [2.45, 2.75) is 13.0 Å². The highest BCUT2D eigenvalue weighted by Gasteiger charge is 2.30. The van der Waals surface area contributed by atoms with Crippen LogP contribution in [0.2, 0.25) is 0 Å². The van der Waals surface area contributed by atoms with Crippen LogP contribution in [0.15, 0.2) is 54.7 Å². The molecule has 5 aromatic rings. The first kappa shape index (κ1) is 24.6. The Labute approximate surface area is 225 Å². The molecule has 0 saturated heterocycles. The second kappa shape index (κ2) is 8.95. The van der Waals surface area contributed by atoms with Crippen LogP contribution in [-0.4, -0.2) is 24.8 Å². The number of nitro groups is 1. The van der Waals surface area contributed by atoms with Gasteiger partial charge in [-0.2, -0.15) is 8.96 Å². The number of methoxy groups -OCH3 is 1. The number of fused-ring (bicyclic) bond motifs is 4. The van der Waals surface area contributed by atoms with Crippen LogP contribution in [0, 0.1) is 15.9 Å². The topological polar surface area (TPSA) is 101 Å². The molecule has 11 heteroatoms. The number of carbonyl (C=O) groups excluding carboxylic acids is 1. The zero-order chi connectivity index (χ0) is 26.1. The molecular formula is C28H19ClFN2O7+. The third kappa shape index (κ3) is 3.59. The van der Waals surface area contributed by atoms with Crippen LogP contribution in [0.25, 0.3) is 32.4 Å². The molecule has 7 rings (SSSR count). The van der Waals surface area contributed by atoms with Gasteiger partial charge < -0.3 is 18.9 Å². The third-order valence-corrected chi connectivity index (χ3v) is 7.13. The minimum absolute atomic E-state index is 0. The number of hydrogen-bond acceptors (Lipinski definition) is 7. The molecule has 0 bridgehead atoms. The van der Waals surface area contributed by atoms with Gasteiger partial charge >= 0.3 is 11.7 Å².